The lowest BCUT2D eigenvalue weighted by molar-refractivity contribution is -0.115. The second kappa shape index (κ2) is 9.06. The summed E-state index contributed by atoms with van der Waals surface area (Å²) in [5.74, 6) is 0.519. The maximum Gasteiger partial charge on any atom is 0.230 e. The zero-order valence-corrected chi connectivity index (χ0v) is 17.6. The number of amides is 1. The monoisotopic (exact) mass is 431 g/mol. The molecule has 2 N–H and O–H groups in total. The van der Waals surface area contributed by atoms with Crippen LogP contribution in [0.4, 0.5) is 11.4 Å². The highest BCUT2D eigenvalue weighted by Crippen LogP contribution is 2.26. The van der Waals surface area contributed by atoms with Crippen molar-refractivity contribution in [1.29, 1.82) is 0 Å². The summed E-state index contributed by atoms with van der Waals surface area (Å²) in [6.45, 7) is 2.54. The highest BCUT2D eigenvalue weighted by molar-refractivity contribution is 7.92. The number of nitrogens with one attached hydrogen (secondary N) is 2. The number of nitrogens with zero attached hydrogens (tertiary/aromatic N) is 1. The Morgan fingerprint density at radius 2 is 1.79 bits per heavy atom. The highest BCUT2D eigenvalue weighted by Gasteiger charge is 2.13. The summed E-state index contributed by atoms with van der Waals surface area (Å²) >= 11 is 1.46. The number of rotatable bonds is 8. The molecule has 0 aliphatic carbocycles. The van der Waals surface area contributed by atoms with Crippen molar-refractivity contribution >= 4 is 38.6 Å². The van der Waals surface area contributed by atoms with Gasteiger partial charge < -0.3 is 10.1 Å². The molecule has 1 heterocycles. The van der Waals surface area contributed by atoms with E-state index in [4.69, 9.17) is 4.74 Å². The molecule has 29 heavy (non-hydrogen) atoms. The first-order valence-electron chi connectivity index (χ1n) is 8.88. The van der Waals surface area contributed by atoms with Crippen LogP contribution in [0.5, 0.6) is 5.75 Å². The third-order valence-electron chi connectivity index (χ3n) is 3.80. The van der Waals surface area contributed by atoms with Gasteiger partial charge in [0.15, 0.2) is 0 Å². The average molecular weight is 432 g/mol. The Bertz CT molecular complexity index is 1090. The Kier molecular flexibility index (Phi) is 6.50. The number of ether oxygens (including phenoxy) is 1. The molecule has 0 spiro atoms. The molecule has 7 nitrogen and oxygen atoms in total. The SMILES string of the molecule is CCOc1ccc(-c2nc(CC(=O)Nc3ccccc3NS(C)(=O)=O)cs2)cc1. The van der Waals surface area contributed by atoms with Crippen LogP contribution in [0.25, 0.3) is 10.6 Å². The number of carbonyl (C=O) groups is 1. The van der Waals surface area contributed by atoms with Crippen LogP contribution < -0.4 is 14.8 Å². The molecule has 152 valence electrons. The molecule has 0 saturated carbocycles. The summed E-state index contributed by atoms with van der Waals surface area (Å²) in [6, 6.07) is 14.3. The Balaban J connectivity index is 1.67. The van der Waals surface area contributed by atoms with Gasteiger partial charge in [-0.2, -0.15) is 0 Å². The molecule has 1 aromatic heterocycles. The summed E-state index contributed by atoms with van der Waals surface area (Å²) in [5, 5.41) is 5.39. The van der Waals surface area contributed by atoms with Gasteiger partial charge in [-0.25, -0.2) is 13.4 Å². The van der Waals surface area contributed by atoms with Crippen LogP contribution in [0.2, 0.25) is 0 Å². The van der Waals surface area contributed by atoms with E-state index in [1.54, 1.807) is 24.3 Å². The summed E-state index contributed by atoms with van der Waals surface area (Å²) < 4.78 is 30.8. The average Bonchev–Trinajstić information content (AvgIpc) is 3.11. The van der Waals surface area contributed by atoms with E-state index in [1.165, 1.54) is 11.3 Å². The fourth-order valence-electron chi connectivity index (χ4n) is 2.62. The van der Waals surface area contributed by atoms with Crippen LogP contribution in [0.1, 0.15) is 12.6 Å². The number of hydrogen-bond acceptors (Lipinski definition) is 6. The van der Waals surface area contributed by atoms with E-state index in [0.717, 1.165) is 22.6 Å². The number of carbonyl (C=O) groups excluding carboxylic acids is 1. The third-order valence-corrected chi connectivity index (χ3v) is 5.33. The summed E-state index contributed by atoms with van der Waals surface area (Å²) in [6.07, 6.45) is 1.14. The molecule has 3 rings (SSSR count). The van der Waals surface area contributed by atoms with Crippen molar-refractivity contribution in [2.24, 2.45) is 0 Å². The van der Waals surface area contributed by atoms with Gasteiger partial charge in [-0.1, -0.05) is 12.1 Å². The molecule has 0 fully saturated rings. The van der Waals surface area contributed by atoms with Crippen LogP contribution in [-0.4, -0.2) is 32.2 Å². The Morgan fingerprint density at radius 3 is 2.45 bits per heavy atom. The van der Waals surface area contributed by atoms with E-state index < -0.39 is 10.0 Å². The molecule has 1 amide bonds. The van der Waals surface area contributed by atoms with E-state index in [-0.39, 0.29) is 12.3 Å². The van der Waals surface area contributed by atoms with E-state index in [1.807, 2.05) is 36.6 Å². The highest BCUT2D eigenvalue weighted by atomic mass is 32.2. The summed E-state index contributed by atoms with van der Waals surface area (Å²) in [5.41, 5.74) is 2.30. The van der Waals surface area contributed by atoms with E-state index >= 15 is 0 Å². The van der Waals surface area contributed by atoms with Gasteiger partial charge >= 0.3 is 0 Å². The van der Waals surface area contributed by atoms with Crippen molar-refractivity contribution in [2.45, 2.75) is 13.3 Å². The maximum absolute atomic E-state index is 12.4. The lowest BCUT2D eigenvalue weighted by atomic mass is 10.2. The quantitative estimate of drug-likeness (QED) is 0.566. The largest absolute Gasteiger partial charge is 0.494 e. The van der Waals surface area contributed by atoms with E-state index in [0.29, 0.717) is 23.7 Å². The molecule has 0 aliphatic heterocycles. The first-order chi connectivity index (χ1) is 13.8. The van der Waals surface area contributed by atoms with Gasteiger partial charge in [0, 0.05) is 10.9 Å². The number of para-hydroxylation sites is 2. The van der Waals surface area contributed by atoms with Crippen molar-refractivity contribution in [3.63, 3.8) is 0 Å². The lowest BCUT2D eigenvalue weighted by Crippen LogP contribution is -2.17. The van der Waals surface area contributed by atoms with Crippen LogP contribution >= 0.6 is 11.3 Å². The van der Waals surface area contributed by atoms with Gasteiger partial charge in [0.25, 0.3) is 0 Å². The van der Waals surface area contributed by atoms with Gasteiger partial charge in [-0.15, -0.1) is 11.3 Å². The molecule has 9 heteroatoms. The smallest absolute Gasteiger partial charge is 0.230 e. The molecule has 3 aromatic rings. The molecule has 0 bridgehead atoms. The Hall–Kier alpha value is -2.91. The van der Waals surface area contributed by atoms with Crippen molar-refractivity contribution in [1.82, 2.24) is 4.98 Å². The minimum atomic E-state index is -3.45. The number of benzene rings is 2. The third kappa shape index (κ3) is 6.03. The van der Waals surface area contributed by atoms with Gasteiger partial charge in [-0.05, 0) is 43.3 Å². The first kappa shape index (κ1) is 20.8. The van der Waals surface area contributed by atoms with Crippen molar-refractivity contribution in [3.05, 3.63) is 59.6 Å². The standard InChI is InChI=1S/C20H21N3O4S2/c1-3-27-16-10-8-14(9-11-16)20-21-15(13-28-20)12-19(24)22-17-6-4-5-7-18(17)23-29(2,25)26/h4-11,13,23H,3,12H2,1-2H3,(H,22,24). The fourth-order valence-corrected chi connectivity index (χ4v) is 4.02. The predicted molar refractivity (Wildman–Crippen MR) is 116 cm³/mol. The van der Waals surface area contributed by atoms with Crippen molar-refractivity contribution < 1.29 is 17.9 Å². The van der Waals surface area contributed by atoms with E-state index in [2.05, 4.69) is 15.0 Å². The second-order valence-corrected chi connectivity index (χ2v) is 8.85. The van der Waals surface area contributed by atoms with Crippen LogP contribution in [0, 0.1) is 0 Å². The van der Waals surface area contributed by atoms with Crippen LogP contribution in [0.3, 0.4) is 0 Å². The van der Waals surface area contributed by atoms with Crippen LogP contribution in [0.15, 0.2) is 53.9 Å². The predicted octanol–water partition coefficient (Wildman–Crippen LogP) is 3.76. The lowest BCUT2D eigenvalue weighted by Gasteiger charge is -2.11. The number of thiazole rings is 1. The molecule has 0 aliphatic rings. The molecule has 0 atom stereocenters. The first-order valence-corrected chi connectivity index (χ1v) is 11.7. The second-order valence-electron chi connectivity index (χ2n) is 6.25. The normalized spacial score (nSPS) is 11.1. The van der Waals surface area contributed by atoms with Gasteiger partial charge in [0.1, 0.15) is 10.8 Å². The number of aromatic nitrogens is 1. The molecular formula is C20H21N3O4S2. The maximum atomic E-state index is 12.4. The number of sulfonamides is 1. The molecular weight excluding hydrogens is 410 g/mol. The molecule has 2 aromatic carbocycles. The minimum absolute atomic E-state index is 0.0841. The molecule has 0 unspecified atom stereocenters. The Morgan fingerprint density at radius 1 is 1.10 bits per heavy atom. The topological polar surface area (TPSA) is 97.4 Å². The van der Waals surface area contributed by atoms with Gasteiger partial charge in [-0.3, -0.25) is 9.52 Å². The zero-order valence-electron chi connectivity index (χ0n) is 16.0. The number of hydrogen-bond donors (Lipinski definition) is 2. The van der Waals surface area contributed by atoms with Gasteiger partial charge in [0.05, 0.1) is 36.4 Å². The summed E-state index contributed by atoms with van der Waals surface area (Å²) in [4.78, 5) is 16.9. The van der Waals surface area contributed by atoms with E-state index in [9.17, 15) is 13.2 Å². The Labute approximate surface area is 173 Å². The fraction of sp³-hybridized carbons (Fsp3) is 0.200. The molecule has 0 saturated heterocycles. The zero-order chi connectivity index (χ0) is 20.9. The van der Waals surface area contributed by atoms with Crippen molar-refractivity contribution in [2.75, 3.05) is 22.9 Å². The van der Waals surface area contributed by atoms with Gasteiger partial charge in [0.2, 0.25) is 15.9 Å². The minimum Gasteiger partial charge on any atom is -0.494 e. The van der Waals surface area contributed by atoms with Crippen molar-refractivity contribution in [3.8, 4) is 16.3 Å². The molecule has 0 radical (unpaired) electrons. The van der Waals surface area contributed by atoms with Crippen LogP contribution in [-0.2, 0) is 21.2 Å². The number of anilines is 2. The summed E-state index contributed by atoms with van der Waals surface area (Å²) in [7, 11) is -3.45.